The molecule has 1 aliphatic rings. The number of benzene rings is 1. The molecule has 0 spiro atoms. The number of anilines is 1. The van der Waals surface area contributed by atoms with Crippen LogP contribution in [-0.2, 0) is 10.0 Å². The van der Waals surface area contributed by atoms with E-state index >= 15 is 0 Å². The molecule has 124 valence electrons. The average molecular weight is 341 g/mol. The van der Waals surface area contributed by atoms with E-state index in [1.54, 1.807) is 25.4 Å². The van der Waals surface area contributed by atoms with Crippen LogP contribution in [-0.4, -0.2) is 19.2 Å². The number of rotatable bonds is 3. The van der Waals surface area contributed by atoms with Crippen molar-refractivity contribution in [3.8, 4) is 0 Å². The van der Waals surface area contributed by atoms with Gasteiger partial charge in [0.25, 0.3) is 10.0 Å². The molecule has 0 bridgehead atoms. The number of nitrogens with zero attached hydrogens (tertiary/aromatic N) is 2. The summed E-state index contributed by atoms with van der Waals surface area (Å²) in [4.78, 5) is 4.26. The molecular formula is C18H19N3O2S. The molecule has 1 aromatic heterocycles. The first kappa shape index (κ1) is 16.4. The summed E-state index contributed by atoms with van der Waals surface area (Å²) in [7, 11) is -3.71. The summed E-state index contributed by atoms with van der Waals surface area (Å²) < 4.78 is 28.9. The fourth-order valence-corrected chi connectivity index (χ4v) is 4.04. The van der Waals surface area contributed by atoms with Crippen molar-refractivity contribution in [3.63, 3.8) is 0 Å². The van der Waals surface area contributed by atoms with Crippen molar-refractivity contribution < 1.29 is 8.42 Å². The van der Waals surface area contributed by atoms with Crippen LogP contribution in [0.4, 0.5) is 5.69 Å². The van der Waals surface area contributed by atoms with E-state index in [1.807, 2.05) is 30.3 Å². The van der Waals surface area contributed by atoms with Gasteiger partial charge in [-0.25, -0.2) is 0 Å². The first-order valence-corrected chi connectivity index (χ1v) is 9.16. The van der Waals surface area contributed by atoms with Gasteiger partial charge in [0.05, 0.1) is 11.9 Å². The van der Waals surface area contributed by atoms with Crippen molar-refractivity contribution in [1.82, 2.24) is 4.98 Å². The maximum absolute atomic E-state index is 12.5. The van der Waals surface area contributed by atoms with Gasteiger partial charge in [0.2, 0.25) is 0 Å². The topological polar surface area (TPSA) is 71.4 Å². The van der Waals surface area contributed by atoms with Gasteiger partial charge in [-0.05, 0) is 36.1 Å². The van der Waals surface area contributed by atoms with Gasteiger partial charge in [-0.15, -0.1) is 4.40 Å². The SMILES string of the molecule is CC1=C(c2ccc(C(C)C)cc2)S(=O)(=O)N=C1Nc1cccnc1. The van der Waals surface area contributed by atoms with Crippen molar-refractivity contribution in [3.05, 3.63) is 65.5 Å². The van der Waals surface area contributed by atoms with E-state index in [0.29, 0.717) is 28.6 Å². The van der Waals surface area contributed by atoms with Crippen LogP contribution in [0.25, 0.3) is 4.91 Å². The molecule has 2 aromatic rings. The predicted molar refractivity (Wildman–Crippen MR) is 97.3 cm³/mol. The van der Waals surface area contributed by atoms with Crippen LogP contribution in [0.3, 0.4) is 0 Å². The van der Waals surface area contributed by atoms with E-state index < -0.39 is 10.0 Å². The Morgan fingerprint density at radius 2 is 1.79 bits per heavy atom. The summed E-state index contributed by atoms with van der Waals surface area (Å²) in [5.74, 6) is 0.735. The summed E-state index contributed by atoms with van der Waals surface area (Å²) >= 11 is 0. The molecule has 24 heavy (non-hydrogen) atoms. The fraction of sp³-hybridized carbons (Fsp3) is 0.222. The second-order valence-corrected chi connectivity index (χ2v) is 7.55. The molecule has 0 unspecified atom stereocenters. The molecule has 1 aromatic carbocycles. The minimum absolute atomic E-state index is 0.254. The fourth-order valence-electron chi connectivity index (χ4n) is 2.61. The highest BCUT2D eigenvalue weighted by molar-refractivity contribution is 8.00. The number of amidine groups is 1. The zero-order chi connectivity index (χ0) is 17.3. The van der Waals surface area contributed by atoms with Crippen LogP contribution < -0.4 is 5.32 Å². The largest absolute Gasteiger partial charge is 0.338 e. The second kappa shape index (κ2) is 6.20. The summed E-state index contributed by atoms with van der Waals surface area (Å²) in [6, 6.07) is 11.2. The van der Waals surface area contributed by atoms with Gasteiger partial charge in [-0.2, -0.15) is 8.42 Å². The highest BCUT2D eigenvalue weighted by atomic mass is 32.2. The van der Waals surface area contributed by atoms with Crippen molar-refractivity contribution in [2.24, 2.45) is 4.40 Å². The molecule has 0 fully saturated rings. The Kier molecular flexibility index (Phi) is 4.24. The third-order valence-corrected chi connectivity index (χ3v) is 5.41. The molecule has 0 radical (unpaired) electrons. The van der Waals surface area contributed by atoms with Gasteiger partial charge in [0, 0.05) is 11.8 Å². The van der Waals surface area contributed by atoms with E-state index in [2.05, 4.69) is 28.5 Å². The maximum Gasteiger partial charge on any atom is 0.285 e. The Hall–Kier alpha value is -2.47. The Balaban J connectivity index is 1.98. The second-order valence-electron chi connectivity index (χ2n) is 6.01. The lowest BCUT2D eigenvalue weighted by atomic mass is 10.0. The van der Waals surface area contributed by atoms with Gasteiger partial charge in [-0.3, -0.25) is 4.98 Å². The summed E-state index contributed by atoms with van der Waals surface area (Å²) in [6.45, 7) is 5.97. The molecular weight excluding hydrogens is 322 g/mol. The van der Waals surface area contributed by atoms with E-state index in [9.17, 15) is 8.42 Å². The third-order valence-electron chi connectivity index (χ3n) is 3.93. The molecule has 3 rings (SSSR count). The molecule has 1 N–H and O–H groups in total. The van der Waals surface area contributed by atoms with E-state index in [4.69, 9.17) is 0 Å². The zero-order valence-electron chi connectivity index (χ0n) is 13.8. The van der Waals surface area contributed by atoms with Crippen molar-refractivity contribution >= 4 is 26.5 Å². The Morgan fingerprint density at radius 1 is 1.08 bits per heavy atom. The Labute approximate surface area is 142 Å². The number of aromatic nitrogens is 1. The summed E-state index contributed by atoms with van der Waals surface area (Å²) in [5.41, 5.74) is 3.13. The van der Waals surface area contributed by atoms with Crippen molar-refractivity contribution in [2.45, 2.75) is 26.7 Å². The zero-order valence-corrected chi connectivity index (χ0v) is 14.6. The highest BCUT2D eigenvalue weighted by Crippen LogP contribution is 2.33. The summed E-state index contributed by atoms with van der Waals surface area (Å²) in [6.07, 6.45) is 3.28. The van der Waals surface area contributed by atoms with Crippen LogP contribution in [0.5, 0.6) is 0 Å². The molecule has 0 amide bonds. The van der Waals surface area contributed by atoms with Gasteiger partial charge < -0.3 is 5.32 Å². The first-order chi connectivity index (χ1) is 11.4. The Bertz CT molecular complexity index is 912. The molecule has 1 aliphatic heterocycles. The number of hydrogen-bond donors (Lipinski definition) is 1. The number of sulfonamides is 1. The van der Waals surface area contributed by atoms with E-state index in [1.165, 1.54) is 5.56 Å². The Morgan fingerprint density at radius 3 is 2.38 bits per heavy atom. The molecule has 5 nitrogen and oxygen atoms in total. The molecule has 0 saturated carbocycles. The predicted octanol–water partition coefficient (Wildman–Crippen LogP) is 3.79. The molecule has 2 heterocycles. The molecule has 0 aliphatic carbocycles. The highest BCUT2D eigenvalue weighted by Gasteiger charge is 2.31. The van der Waals surface area contributed by atoms with Gasteiger partial charge >= 0.3 is 0 Å². The molecule has 0 atom stereocenters. The number of hydrogen-bond acceptors (Lipinski definition) is 4. The minimum Gasteiger partial charge on any atom is -0.338 e. The van der Waals surface area contributed by atoms with E-state index in [-0.39, 0.29) is 4.91 Å². The van der Waals surface area contributed by atoms with Gasteiger partial charge in [-0.1, -0.05) is 38.1 Å². The van der Waals surface area contributed by atoms with Gasteiger partial charge in [0.1, 0.15) is 10.7 Å². The number of pyridine rings is 1. The van der Waals surface area contributed by atoms with Crippen molar-refractivity contribution in [1.29, 1.82) is 0 Å². The smallest absolute Gasteiger partial charge is 0.285 e. The van der Waals surface area contributed by atoms with Crippen LogP contribution in [0, 0.1) is 0 Å². The normalized spacial score (nSPS) is 16.4. The van der Waals surface area contributed by atoms with Crippen molar-refractivity contribution in [2.75, 3.05) is 5.32 Å². The van der Waals surface area contributed by atoms with Crippen LogP contribution in [0.2, 0.25) is 0 Å². The monoisotopic (exact) mass is 341 g/mol. The maximum atomic E-state index is 12.5. The van der Waals surface area contributed by atoms with Crippen LogP contribution in [0.1, 0.15) is 37.8 Å². The van der Waals surface area contributed by atoms with Gasteiger partial charge in [0.15, 0.2) is 0 Å². The standard InChI is InChI=1S/C18H19N3O2S/c1-12(2)14-6-8-15(9-7-14)17-13(3)18(21-24(17,22)23)20-16-5-4-10-19-11-16/h4-12H,1-3H3,(H,20,21). The lowest BCUT2D eigenvalue weighted by Gasteiger charge is -2.08. The average Bonchev–Trinajstić information content (AvgIpc) is 2.77. The lowest BCUT2D eigenvalue weighted by molar-refractivity contribution is 0.608. The minimum atomic E-state index is -3.71. The third kappa shape index (κ3) is 3.10. The first-order valence-electron chi connectivity index (χ1n) is 7.72. The lowest BCUT2D eigenvalue weighted by Crippen LogP contribution is -2.11. The quantitative estimate of drug-likeness (QED) is 0.922. The van der Waals surface area contributed by atoms with Crippen LogP contribution in [0.15, 0.2) is 58.8 Å². The number of nitrogens with one attached hydrogen (secondary N) is 1. The van der Waals surface area contributed by atoms with Crippen LogP contribution >= 0.6 is 0 Å². The molecule has 0 saturated heterocycles. The molecule has 6 heteroatoms. The van der Waals surface area contributed by atoms with E-state index in [0.717, 1.165) is 0 Å². The summed E-state index contributed by atoms with van der Waals surface area (Å²) in [5, 5.41) is 3.03.